The molecule has 0 unspecified atom stereocenters. The number of methoxy groups -OCH3 is 1. The normalized spacial score (nSPS) is 11.3. The lowest BCUT2D eigenvalue weighted by molar-refractivity contribution is 0.191. The van der Waals surface area contributed by atoms with Crippen molar-refractivity contribution in [2.45, 2.75) is 32.9 Å². The highest BCUT2D eigenvalue weighted by atomic mass is 16.5. The molecule has 2 rings (SSSR count). The molecule has 4 heteroatoms. The highest BCUT2D eigenvalue weighted by molar-refractivity contribution is 5.80. The Kier molecular flexibility index (Phi) is 5.36. The van der Waals surface area contributed by atoms with Crippen molar-refractivity contribution in [1.29, 1.82) is 0 Å². The molecule has 2 aromatic heterocycles. The quantitative estimate of drug-likeness (QED) is 0.742. The third-order valence-electron chi connectivity index (χ3n) is 3.28. The molecule has 0 radical (unpaired) electrons. The summed E-state index contributed by atoms with van der Waals surface area (Å²) in [6.45, 7) is 5.85. The molecule has 0 fully saturated rings. The number of unbranched alkanes of at least 4 members (excludes halogenated alkanes) is 1. The number of fused-ring (bicyclic) bond motifs is 1. The smallest absolute Gasteiger partial charge is 0.140 e. The SMILES string of the molecule is CCNCc1cn(CCCCOC)c2ncccc12. The minimum atomic E-state index is 0.830. The van der Waals surface area contributed by atoms with E-state index in [2.05, 4.69) is 34.1 Å². The minimum Gasteiger partial charge on any atom is -0.385 e. The number of ether oxygens (including phenoxy) is 1. The van der Waals surface area contributed by atoms with Crippen LogP contribution in [-0.4, -0.2) is 29.8 Å². The van der Waals surface area contributed by atoms with E-state index < -0.39 is 0 Å². The predicted molar refractivity (Wildman–Crippen MR) is 78.2 cm³/mol. The Morgan fingerprint density at radius 1 is 1.37 bits per heavy atom. The summed E-state index contributed by atoms with van der Waals surface area (Å²) in [6, 6.07) is 4.16. The minimum absolute atomic E-state index is 0.830. The van der Waals surface area contributed by atoms with Crippen LogP contribution in [0.25, 0.3) is 11.0 Å². The van der Waals surface area contributed by atoms with Gasteiger partial charge in [-0.15, -0.1) is 0 Å². The maximum Gasteiger partial charge on any atom is 0.140 e. The predicted octanol–water partition coefficient (Wildman–Crippen LogP) is 2.57. The van der Waals surface area contributed by atoms with Crippen molar-refractivity contribution in [2.24, 2.45) is 0 Å². The maximum atomic E-state index is 5.09. The Balaban J connectivity index is 2.13. The van der Waals surface area contributed by atoms with Crippen LogP contribution in [0, 0.1) is 0 Å². The Labute approximate surface area is 114 Å². The number of nitrogens with zero attached hydrogens (tertiary/aromatic N) is 2. The second-order valence-corrected chi connectivity index (χ2v) is 4.70. The van der Waals surface area contributed by atoms with E-state index in [0.29, 0.717) is 0 Å². The Hall–Kier alpha value is -1.39. The summed E-state index contributed by atoms with van der Waals surface area (Å²) in [4.78, 5) is 4.51. The molecule has 0 spiro atoms. The van der Waals surface area contributed by atoms with Crippen LogP contribution in [0.3, 0.4) is 0 Å². The van der Waals surface area contributed by atoms with Crippen LogP contribution in [0.5, 0.6) is 0 Å². The monoisotopic (exact) mass is 261 g/mol. The molecule has 2 aromatic rings. The molecule has 0 aromatic carbocycles. The summed E-state index contributed by atoms with van der Waals surface area (Å²) in [5, 5.41) is 4.64. The summed E-state index contributed by atoms with van der Waals surface area (Å²) >= 11 is 0. The van der Waals surface area contributed by atoms with Gasteiger partial charge in [0.25, 0.3) is 0 Å². The fraction of sp³-hybridized carbons (Fsp3) is 0.533. The van der Waals surface area contributed by atoms with Gasteiger partial charge in [0.2, 0.25) is 0 Å². The zero-order chi connectivity index (χ0) is 13.5. The summed E-state index contributed by atoms with van der Waals surface area (Å²) in [6.07, 6.45) is 6.30. The van der Waals surface area contributed by atoms with Crippen LogP contribution in [-0.2, 0) is 17.8 Å². The van der Waals surface area contributed by atoms with Crippen LogP contribution < -0.4 is 5.32 Å². The Morgan fingerprint density at radius 3 is 3.05 bits per heavy atom. The fourth-order valence-electron chi connectivity index (χ4n) is 2.29. The van der Waals surface area contributed by atoms with Gasteiger partial charge in [-0.05, 0) is 37.1 Å². The van der Waals surface area contributed by atoms with E-state index in [1.165, 1.54) is 10.9 Å². The lowest BCUT2D eigenvalue weighted by atomic mass is 10.2. The zero-order valence-electron chi connectivity index (χ0n) is 11.9. The lowest BCUT2D eigenvalue weighted by Crippen LogP contribution is -2.11. The lowest BCUT2D eigenvalue weighted by Gasteiger charge is -2.03. The number of nitrogens with one attached hydrogen (secondary N) is 1. The van der Waals surface area contributed by atoms with E-state index in [1.54, 1.807) is 7.11 Å². The first-order valence-electron chi connectivity index (χ1n) is 6.99. The molecule has 0 aliphatic heterocycles. The van der Waals surface area contributed by atoms with Crippen molar-refractivity contribution in [3.05, 3.63) is 30.1 Å². The molecule has 2 heterocycles. The number of aryl methyl sites for hydroxylation is 1. The molecule has 0 aliphatic carbocycles. The fourth-order valence-corrected chi connectivity index (χ4v) is 2.29. The van der Waals surface area contributed by atoms with Crippen LogP contribution in [0.1, 0.15) is 25.3 Å². The first kappa shape index (κ1) is 14.0. The molecule has 1 N–H and O–H groups in total. The van der Waals surface area contributed by atoms with E-state index in [-0.39, 0.29) is 0 Å². The van der Waals surface area contributed by atoms with Crippen LogP contribution in [0.4, 0.5) is 0 Å². The van der Waals surface area contributed by atoms with E-state index in [9.17, 15) is 0 Å². The Bertz CT molecular complexity index is 507. The summed E-state index contributed by atoms with van der Waals surface area (Å²) in [7, 11) is 1.75. The first-order chi connectivity index (χ1) is 9.36. The molecule has 0 aliphatic rings. The second-order valence-electron chi connectivity index (χ2n) is 4.70. The number of hydrogen-bond acceptors (Lipinski definition) is 3. The molecule has 0 saturated carbocycles. The van der Waals surface area contributed by atoms with Crippen LogP contribution in [0.15, 0.2) is 24.5 Å². The van der Waals surface area contributed by atoms with Gasteiger partial charge in [-0.2, -0.15) is 0 Å². The Morgan fingerprint density at radius 2 is 2.26 bits per heavy atom. The molecule has 104 valence electrons. The third-order valence-corrected chi connectivity index (χ3v) is 3.28. The summed E-state index contributed by atoms with van der Waals surface area (Å²) in [5.74, 6) is 0. The van der Waals surface area contributed by atoms with Crippen molar-refractivity contribution in [3.63, 3.8) is 0 Å². The second kappa shape index (κ2) is 7.26. The molecule has 0 amide bonds. The van der Waals surface area contributed by atoms with Gasteiger partial charge in [-0.1, -0.05) is 6.92 Å². The highest BCUT2D eigenvalue weighted by Gasteiger charge is 2.08. The van der Waals surface area contributed by atoms with Crippen molar-refractivity contribution >= 4 is 11.0 Å². The van der Waals surface area contributed by atoms with E-state index in [4.69, 9.17) is 4.74 Å². The largest absolute Gasteiger partial charge is 0.385 e. The van der Waals surface area contributed by atoms with Gasteiger partial charge in [0.1, 0.15) is 5.65 Å². The zero-order valence-corrected chi connectivity index (χ0v) is 11.9. The van der Waals surface area contributed by atoms with E-state index in [1.807, 2.05) is 12.3 Å². The van der Waals surface area contributed by atoms with Gasteiger partial charge >= 0.3 is 0 Å². The van der Waals surface area contributed by atoms with Gasteiger partial charge < -0.3 is 14.6 Å². The molecule has 4 nitrogen and oxygen atoms in total. The van der Waals surface area contributed by atoms with E-state index in [0.717, 1.165) is 44.7 Å². The van der Waals surface area contributed by atoms with Crippen molar-refractivity contribution in [1.82, 2.24) is 14.9 Å². The van der Waals surface area contributed by atoms with E-state index >= 15 is 0 Å². The van der Waals surface area contributed by atoms with Crippen molar-refractivity contribution in [3.8, 4) is 0 Å². The van der Waals surface area contributed by atoms with Crippen molar-refractivity contribution in [2.75, 3.05) is 20.3 Å². The van der Waals surface area contributed by atoms with Crippen molar-refractivity contribution < 1.29 is 4.74 Å². The van der Waals surface area contributed by atoms with Gasteiger partial charge in [0, 0.05) is 44.6 Å². The highest BCUT2D eigenvalue weighted by Crippen LogP contribution is 2.19. The molecular formula is C15H23N3O. The molecule has 0 atom stereocenters. The van der Waals surface area contributed by atoms with Crippen LogP contribution >= 0.6 is 0 Å². The van der Waals surface area contributed by atoms with Gasteiger partial charge in [-0.25, -0.2) is 4.98 Å². The van der Waals surface area contributed by atoms with Gasteiger partial charge in [0.15, 0.2) is 0 Å². The number of hydrogen-bond donors (Lipinski definition) is 1. The molecular weight excluding hydrogens is 238 g/mol. The number of aromatic nitrogens is 2. The third kappa shape index (κ3) is 3.55. The maximum absolute atomic E-state index is 5.09. The van der Waals surface area contributed by atoms with Crippen LogP contribution in [0.2, 0.25) is 0 Å². The average molecular weight is 261 g/mol. The number of pyridine rings is 1. The topological polar surface area (TPSA) is 39.1 Å². The average Bonchev–Trinajstić information content (AvgIpc) is 2.80. The first-order valence-corrected chi connectivity index (χ1v) is 6.99. The summed E-state index contributed by atoms with van der Waals surface area (Å²) < 4.78 is 7.35. The number of rotatable bonds is 8. The van der Waals surface area contributed by atoms with Gasteiger partial charge in [0.05, 0.1) is 0 Å². The standard InChI is InChI=1S/C15H23N3O/c1-3-16-11-13-12-18(9-4-5-10-19-2)15-14(13)7-6-8-17-15/h6-8,12,16H,3-5,9-11H2,1-2H3. The molecule has 19 heavy (non-hydrogen) atoms. The molecule has 0 saturated heterocycles. The van der Waals surface area contributed by atoms with Gasteiger partial charge in [-0.3, -0.25) is 0 Å². The summed E-state index contributed by atoms with van der Waals surface area (Å²) in [5.41, 5.74) is 2.42. The molecule has 0 bridgehead atoms.